The van der Waals surface area contributed by atoms with E-state index in [1.165, 1.54) is 13.3 Å². The van der Waals surface area contributed by atoms with Crippen LogP contribution in [0.4, 0.5) is 0 Å². The van der Waals surface area contributed by atoms with Crippen molar-refractivity contribution < 1.29 is 19.4 Å². The summed E-state index contributed by atoms with van der Waals surface area (Å²) in [6.07, 6.45) is 1.52. The SMILES string of the molecule is COCc1c(C(=O)O)ncc2[nH]c3ccc(OCc4ccccc4C#N)cc3c12. The quantitative estimate of drug-likeness (QED) is 0.517. The molecule has 29 heavy (non-hydrogen) atoms. The molecule has 144 valence electrons. The lowest BCUT2D eigenvalue weighted by Gasteiger charge is -2.09. The fourth-order valence-corrected chi connectivity index (χ4v) is 3.41. The number of hydrogen-bond donors (Lipinski definition) is 2. The van der Waals surface area contributed by atoms with Gasteiger partial charge in [0, 0.05) is 34.5 Å². The smallest absolute Gasteiger partial charge is 0.354 e. The maximum absolute atomic E-state index is 11.6. The second-order valence-corrected chi connectivity index (χ2v) is 6.50. The normalized spacial score (nSPS) is 10.9. The van der Waals surface area contributed by atoms with E-state index in [2.05, 4.69) is 16.0 Å². The van der Waals surface area contributed by atoms with Crippen LogP contribution < -0.4 is 4.74 Å². The van der Waals surface area contributed by atoms with Gasteiger partial charge in [-0.2, -0.15) is 5.26 Å². The molecule has 0 saturated heterocycles. The molecule has 0 atom stereocenters. The van der Waals surface area contributed by atoms with Crippen molar-refractivity contribution in [3.05, 3.63) is 71.0 Å². The van der Waals surface area contributed by atoms with Crippen molar-refractivity contribution in [2.45, 2.75) is 13.2 Å². The van der Waals surface area contributed by atoms with Gasteiger partial charge < -0.3 is 19.6 Å². The molecule has 4 aromatic rings. The lowest BCUT2D eigenvalue weighted by molar-refractivity contribution is 0.0685. The fraction of sp³-hybridized carbons (Fsp3) is 0.136. The summed E-state index contributed by atoms with van der Waals surface area (Å²) in [7, 11) is 1.51. The number of pyridine rings is 1. The van der Waals surface area contributed by atoms with Crippen LogP contribution in [0.5, 0.6) is 5.75 Å². The number of aromatic nitrogens is 2. The van der Waals surface area contributed by atoms with Gasteiger partial charge in [-0.3, -0.25) is 0 Å². The Bertz CT molecular complexity index is 1270. The summed E-state index contributed by atoms with van der Waals surface area (Å²) in [5, 5.41) is 20.3. The standard InChI is InChI=1S/C22H17N3O4/c1-28-12-17-20-16-8-15(29-11-14-5-3-2-4-13(14)9-23)6-7-18(16)25-19(20)10-24-21(17)22(26)27/h2-8,10,25H,11-12H2,1H3,(H,26,27). The molecule has 2 aromatic heterocycles. The van der Waals surface area contributed by atoms with Crippen molar-refractivity contribution in [3.8, 4) is 11.8 Å². The first-order valence-electron chi connectivity index (χ1n) is 8.88. The van der Waals surface area contributed by atoms with E-state index in [1.54, 1.807) is 6.07 Å². The average molecular weight is 387 g/mol. The maximum atomic E-state index is 11.6. The van der Waals surface area contributed by atoms with Crippen LogP contribution in [0.25, 0.3) is 21.8 Å². The number of aromatic amines is 1. The Morgan fingerprint density at radius 1 is 1.21 bits per heavy atom. The Labute approximate surface area is 166 Å². The van der Waals surface area contributed by atoms with Gasteiger partial charge in [0.05, 0.1) is 30.0 Å². The van der Waals surface area contributed by atoms with Crippen LogP contribution in [-0.2, 0) is 18.0 Å². The van der Waals surface area contributed by atoms with Gasteiger partial charge in [0.15, 0.2) is 5.69 Å². The molecule has 2 N–H and O–H groups in total. The van der Waals surface area contributed by atoms with Gasteiger partial charge in [-0.05, 0) is 24.3 Å². The number of hydrogen-bond acceptors (Lipinski definition) is 5. The summed E-state index contributed by atoms with van der Waals surface area (Å²) in [5.74, 6) is -0.489. The molecule has 2 aromatic carbocycles. The van der Waals surface area contributed by atoms with Crippen LogP contribution in [0.15, 0.2) is 48.7 Å². The van der Waals surface area contributed by atoms with Gasteiger partial charge in [-0.25, -0.2) is 9.78 Å². The van der Waals surface area contributed by atoms with E-state index in [-0.39, 0.29) is 18.9 Å². The van der Waals surface area contributed by atoms with Crippen LogP contribution in [0.2, 0.25) is 0 Å². The fourth-order valence-electron chi connectivity index (χ4n) is 3.41. The highest BCUT2D eigenvalue weighted by molar-refractivity contribution is 6.11. The minimum Gasteiger partial charge on any atom is -0.489 e. The zero-order valence-electron chi connectivity index (χ0n) is 15.6. The highest BCUT2D eigenvalue weighted by atomic mass is 16.5. The molecule has 0 unspecified atom stereocenters. The van der Waals surface area contributed by atoms with Crippen LogP contribution in [0.3, 0.4) is 0 Å². The van der Waals surface area contributed by atoms with E-state index in [0.717, 1.165) is 27.4 Å². The van der Waals surface area contributed by atoms with E-state index in [4.69, 9.17) is 9.47 Å². The van der Waals surface area contributed by atoms with E-state index in [1.807, 2.05) is 36.4 Å². The van der Waals surface area contributed by atoms with E-state index in [9.17, 15) is 15.2 Å². The number of ether oxygens (including phenoxy) is 2. The lowest BCUT2D eigenvalue weighted by Crippen LogP contribution is -2.07. The zero-order valence-corrected chi connectivity index (χ0v) is 15.6. The Kier molecular flexibility index (Phi) is 4.85. The first kappa shape index (κ1) is 18.5. The number of methoxy groups -OCH3 is 1. The van der Waals surface area contributed by atoms with E-state index < -0.39 is 5.97 Å². The molecule has 0 fully saturated rings. The molecule has 2 heterocycles. The number of rotatable bonds is 6. The van der Waals surface area contributed by atoms with Crippen LogP contribution in [0.1, 0.15) is 27.2 Å². The predicted molar refractivity (Wildman–Crippen MR) is 107 cm³/mol. The summed E-state index contributed by atoms with van der Waals surface area (Å²) in [6.45, 7) is 0.379. The predicted octanol–water partition coefficient (Wildman–Crippen LogP) is 4.01. The third kappa shape index (κ3) is 3.37. The van der Waals surface area contributed by atoms with E-state index in [0.29, 0.717) is 16.9 Å². The molecular weight excluding hydrogens is 370 g/mol. The average Bonchev–Trinajstić information content (AvgIpc) is 3.11. The van der Waals surface area contributed by atoms with Crippen LogP contribution in [0, 0.1) is 11.3 Å². The highest BCUT2D eigenvalue weighted by Gasteiger charge is 2.19. The minimum atomic E-state index is -1.10. The molecule has 0 saturated carbocycles. The number of aromatic carboxylic acids is 1. The molecule has 4 rings (SSSR count). The number of H-pyrrole nitrogens is 1. The van der Waals surface area contributed by atoms with Gasteiger partial charge in [0.2, 0.25) is 0 Å². The van der Waals surface area contributed by atoms with Gasteiger partial charge in [-0.1, -0.05) is 18.2 Å². The third-order valence-electron chi connectivity index (χ3n) is 4.73. The molecule has 7 nitrogen and oxygen atoms in total. The Hall–Kier alpha value is -3.89. The first-order valence-corrected chi connectivity index (χ1v) is 8.88. The number of nitrogens with one attached hydrogen (secondary N) is 1. The summed E-state index contributed by atoms with van der Waals surface area (Å²) < 4.78 is 11.1. The highest BCUT2D eigenvalue weighted by Crippen LogP contribution is 2.32. The Morgan fingerprint density at radius 3 is 2.79 bits per heavy atom. The van der Waals surface area contributed by atoms with Crippen LogP contribution >= 0.6 is 0 Å². The van der Waals surface area contributed by atoms with Gasteiger partial charge in [0.1, 0.15) is 12.4 Å². The van der Waals surface area contributed by atoms with Gasteiger partial charge in [-0.15, -0.1) is 0 Å². The Balaban J connectivity index is 1.78. The second-order valence-electron chi connectivity index (χ2n) is 6.50. The molecule has 0 radical (unpaired) electrons. The monoisotopic (exact) mass is 387 g/mol. The molecule has 0 aliphatic heterocycles. The van der Waals surface area contributed by atoms with Crippen molar-refractivity contribution >= 4 is 27.8 Å². The number of nitriles is 1. The van der Waals surface area contributed by atoms with E-state index >= 15 is 0 Å². The molecule has 0 amide bonds. The lowest BCUT2D eigenvalue weighted by atomic mass is 10.1. The van der Waals surface area contributed by atoms with Gasteiger partial charge in [0.25, 0.3) is 0 Å². The number of benzene rings is 2. The topological polar surface area (TPSA) is 108 Å². The van der Waals surface area contributed by atoms with Crippen molar-refractivity contribution in [2.24, 2.45) is 0 Å². The van der Waals surface area contributed by atoms with Gasteiger partial charge >= 0.3 is 5.97 Å². The number of carbonyl (C=O) groups is 1. The summed E-state index contributed by atoms with van der Waals surface area (Å²) in [6, 6.07) is 15.0. The molecule has 0 aliphatic carbocycles. The first-order chi connectivity index (χ1) is 14.1. The zero-order chi connectivity index (χ0) is 20.4. The minimum absolute atomic E-state index is 0.0329. The number of fused-ring (bicyclic) bond motifs is 3. The molecule has 0 spiro atoms. The maximum Gasteiger partial charge on any atom is 0.354 e. The molecule has 0 bridgehead atoms. The largest absolute Gasteiger partial charge is 0.489 e. The number of nitrogens with zero attached hydrogens (tertiary/aromatic N) is 2. The summed E-state index contributed by atoms with van der Waals surface area (Å²) in [4.78, 5) is 18.9. The van der Waals surface area contributed by atoms with Crippen molar-refractivity contribution in [2.75, 3.05) is 7.11 Å². The third-order valence-corrected chi connectivity index (χ3v) is 4.73. The summed E-state index contributed by atoms with van der Waals surface area (Å²) >= 11 is 0. The number of carboxylic acids is 1. The van der Waals surface area contributed by atoms with Crippen molar-refractivity contribution in [1.29, 1.82) is 5.26 Å². The number of carboxylic acid groups (broad SMARTS) is 1. The van der Waals surface area contributed by atoms with Crippen LogP contribution in [-0.4, -0.2) is 28.2 Å². The molecular formula is C22H17N3O4. The van der Waals surface area contributed by atoms with Crippen molar-refractivity contribution in [1.82, 2.24) is 9.97 Å². The second kappa shape index (κ2) is 7.62. The summed E-state index contributed by atoms with van der Waals surface area (Å²) in [5.41, 5.74) is 3.41. The molecule has 7 heteroatoms. The Morgan fingerprint density at radius 2 is 2.03 bits per heavy atom. The van der Waals surface area contributed by atoms with Crippen molar-refractivity contribution in [3.63, 3.8) is 0 Å². The molecule has 0 aliphatic rings.